The van der Waals surface area contributed by atoms with E-state index < -0.39 is 58.4 Å². The van der Waals surface area contributed by atoms with Crippen LogP contribution in [0.5, 0.6) is 5.75 Å². The molecule has 0 spiro atoms. The van der Waals surface area contributed by atoms with Crippen molar-refractivity contribution in [3.05, 3.63) is 64.2 Å². The van der Waals surface area contributed by atoms with Gasteiger partial charge in [-0.15, -0.1) is 0 Å². The molecule has 1 saturated heterocycles. The van der Waals surface area contributed by atoms with Gasteiger partial charge in [0, 0.05) is 11.5 Å². The van der Waals surface area contributed by atoms with Gasteiger partial charge in [-0.1, -0.05) is 13.8 Å². The van der Waals surface area contributed by atoms with E-state index in [2.05, 4.69) is 15.9 Å². The number of hydrogen-bond donors (Lipinski definition) is 1. The quantitative estimate of drug-likeness (QED) is 0.393. The third-order valence-corrected chi connectivity index (χ3v) is 9.18. The van der Waals surface area contributed by atoms with Gasteiger partial charge in [0.1, 0.15) is 11.9 Å². The molecule has 0 radical (unpaired) electrons. The van der Waals surface area contributed by atoms with Gasteiger partial charge in [0.25, 0.3) is 0 Å². The lowest BCUT2D eigenvalue weighted by Crippen LogP contribution is -2.61. The van der Waals surface area contributed by atoms with E-state index in [1.54, 1.807) is 6.07 Å². The van der Waals surface area contributed by atoms with Crippen molar-refractivity contribution in [2.45, 2.75) is 39.2 Å². The van der Waals surface area contributed by atoms with Crippen LogP contribution in [0.1, 0.15) is 55.1 Å². The Hall–Kier alpha value is -3.40. The lowest BCUT2D eigenvalue weighted by Gasteiger charge is -2.59. The minimum atomic E-state index is -0.902. The highest BCUT2D eigenvalue weighted by molar-refractivity contribution is 9.10. The number of esters is 3. The van der Waals surface area contributed by atoms with Crippen LogP contribution < -0.4 is 0 Å². The highest BCUT2D eigenvalue weighted by Gasteiger charge is 2.66. The Balaban J connectivity index is 1.56. The number of phenols is 1. The molecule has 38 heavy (non-hydrogen) atoms. The minimum Gasteiger partial charge on any atom is -0.507 e. The fraction of sp³-hybridized carbons (Fsp3) is 0.429. The summed E-state index contributed by atoms with van der Waals surface area (Å²) < 4.78 is 21.9. The van der Waals surface area contributed by atoms with Crippen LogP contribution >= 0.6 is 15.9 Å². The summed E-state index contributed by atoms with van der Waals surface area (Å²) >= 11 is 3.16. The van der Waals surface area contributed by atoms with Crippen LogP contribution in [0.15, 0.2) is 57.5 Å². The monoisotopic (exact) mass is 586 g/mol. The van der Waals surface area contributed by atoms with Crippen molar-refractivity contribution in [2.24, 2.45) is 28.6 Å². The number of methoxy groups -OCH3 is 1. The van der Waals surface area contributed by atoms with Crippen LogP contribution in [0.25, 0.3) is 0 Å². The molecule has 2 heterocycles. The van der Waals surface area contributed by atoms with E-state index in [1.807, 2.05) is 13.8 Å². The zero-order valence-electron chi connectivity index (χ0n) is 21.1. The largest absolute Gasteiger partial charge is 0.507 e. The number of carbonyl (C=O) groups excluding carboxylic acids is 4. The van der Waals surface area contributed by atoms with E-state index in [9.17, 15) is 24.3 Å². The second-order valence-corrected chi connectivity index (χ2v) is 11.5. The Morgan fingerprint density at radius 2 is 1.92 bits per heavy atom. The van der Waals surface area contributed by atoms with Crippen LogP contribution in [-0.4, -0.2) is 35.9 Å². The smallest absolute Gasteiger partial charge is 0.343 e. The van der Waals surface area contributed by atoms with Crippen molar-refractivity contribution in [1.29, 1.82) is 0 Å². The van der Waals surface area contributed by atoms with Gasteiger partial charge in [0.05, 0.1) is 41.5 Å². The molecule has 2 aromatic rings. The third kappa shape index (κ3) is 4.05. The first-order valence-corrected chi connectivity index (χ1v) is 13.1. The van der Waals surface area contributed by atoms with Gasteiger partial charge in [-0.05, 0) is 76.4 Å². The van der Waals surface area contributed by atoms with Crippen LogP contribution in [0.3, 0.4) is 0 Å². The summed E-state index contributed by atoms with van der Waals surface area (Å²) in [6.45, 7) is 3.74. The van der Waals surface area contributed by atoms with Crippen molar-refractivity contribution in [3.8, 4) is 5.75 Å². The van der Waals surface area contributed by atoms with Crippen LogP contribution in [0.2, 0.25) is 0 Å². The van der Waals surface area contributed by atoms with Gasteiger partial charge >= 0.3 is 17.9 Å². The average Bonchev–Trinajstić information content (AvgIpc) is 3.41. The first-order valence-electron chi connectivity index (χ1n) is 12.3. The molecule has 1 aromatic heterocycles. The van der Waals surface area contributed by atoms with Crippen molar-refractivity contribution in [3.63, 3.8) is 0 Å². The molecule has 0 amide bonds. The molecule has 9 nitrogen and oxygen atoms in total. The number of aromatic hydroxyl groups is 1. The van der Waals surface area contributed by atoms with E-state index in [4.69, 9.17) is 18.6 Å². The summed E-state index contributed by atoms with van der Waals surface area (Å²) in [5, 5.41) is 9.76. The maximum absolute atomic E-state index is 14.2. The Labute approximate surface area is 227 Å². The van der Waals surface area contributed by atoms with E-state index in [-0.39, 0.29) is 21.5 Å². The number of rotatable bonds is 4. The van der Waals surface area contributed by atoms with Crippen molar-refractivity contribution < 1.29 is 42.9 Å². The van der Waals surface area contributed by atoms with E-state index in [0.29, 0.717) is 24.8 Å². The maximum Gasteiger partial charge on any atom is 0.343 e. The van der Waals surface area contributed by atoms with Crippen molar-refractivity contribution >= 4 is 39.6 Å². The molecular weight excluding hydrogens is 560 g/mol. The number of cyclic esters (lactones) is 1. The van der Waals surface area contributed by atoms with E-state index in [1.165, 1.54) is 43.9 Å². The molecule has 1 N–H and O–H groups in total. The number of hydrogen-bond acceptors (Lipinski definition) is 9. The predicted octanol–water partition coefficient (Wildman–Crippen LogP) is 4.89. The number of carbonyl (C=O) groups is 4. The fourth-order valence-corrected chi connectivity index (χ4v) is 7.06. The summed E-state index contributed by atoms with van der Waals surface area (Å²) in [6.07, 6.45) is 4.91. The number of ether oxygens (including phenoxy) is 3. The minimum absolute atomic E-state index is 0.0615. The molecule has 200 valence electrons. The van der Waals surface area contributed by atoms with Crippen LogP contribution in [0.4, 0.5) is 0 Å². The van der Waals surface area contributed by atoms with Gasteiger partial charge < -0.3 is 23.7 Å². The summed E-state index contributed by atoms with van der Waals surface area (Å²) in [5.74, 6) is -4.86. The Morgan fingerprint density at radius 3 is 2.58 bits per heavy atom. The van der Waals surface area contributed by atoms with Gasteiger partial charge in [0.15, 0.2) is 5.76 Å². The number of benzene rings is 1. The molecule has 1 saturated carbocycles. The van der Waals surface area contributed by atoms with Gasteiger partial charge in [-0.25, -0.2) is 4.79 Å². The first kappa shape index (κ1) is 26.2. The number of halogens is 1. The standard InChI is InChI=1S/C28H27BrO9/c1-27-8-6-16-26(34)38-21(15-7-9-36-13-15)12-28(16,2)23(27)22(31)20(11-17(27)25(33)35-3)37-24(32)14-4-5-19(30)18(29)10-14/h4-5,7,9-11,13,16-17,21,23,30H,6,8,12H2,1-3H3/t16-,17-,21-,23-,27-,28-/m0/s1. The Morgan fingerprint density at radius 1 is 1.16 bits per heavy atom. The zero-order chi connectivity index (χ0) is 27.4. The fourth-order valence-electron chi connectivity index (χ4n) is 6.68. The second-order valence-electron chi connectivity index (χ2n) is 10.7. The molecule has 5 rings (SSSR count). The lowest BCUT2D eigenvalue weighted by molar-refractivity contribution is -0.197. The van der Waals surface area contributed by atoms with Gasteiger partial charge in [-0.3, -0.25) is 14.4 Å². The number of allylic oxidation sites excluding steroid dienone is 1. The molecule has 1 aromatic carbocycles. The molecule has 0 bridgehead atoms. The first-order chi connectivity index (χ1) is 18.0. The van der Waals surface area contributed by atoms with Crippen molar-refractivity contribution in [1.82, 2.24) is 0 Å². The molecule has 6 atom stereocenters. The highest BCUT2D eigenvalue weighted by Crippen LogP contribution is 2.64. The SMILES string of the molecule is COC(=O)[C@@H]1C=C(OC(=O)c2ccc(O)c(Br)c2)C(=O)[C@H]2[C@@]1(C)CC[C@H]1C(=O)O[C@H](c3ccoc3)C[C@]21C. The molecule has 2 fully saturated rings. The zero-order valence-corrected chi connectivity index (χ0v) is 22.6. The van der Waals surface area contributed by atoms with E-state index in [0.717, 1.165) is 0 Å². The summed E-state index contributed by atoms with van der Waals surface area (Å²) in [4.78, 5) is 53.4. The average molecular weight is 587 g/mol. The molecule has 10 heteroatoms. The third-order valence-electron chi connectivity index (χ3n) is 8.54. The highest BCUT2D eigenvalue weighted by atomic mass is 79.9. The van der Waals surface area contributed by atoms with Gasteiger partial charge in [0.2, 0.25) is 5.78 Å². The summed E-state index contributed by atoms with van der Waals surface area (Å²) in [5.41, 5.74) is -1.01. The second kappa shape index (κ2) is 9.41. The number of fused-ring (bicyclic) bond motifs is 3. The molecule has 3 aliphatic rings. The molecule has 2 aliphatic carbocycles. The summed E-state index contributed by atoms with van der Waals surface area (Å²) in [6, 6.07) is 5.77. The Bertz CT molecular complexity index is 1350. The lowest BCUT2D eigenvalue weighted by atomic mass is 9.44. The van der Waals surface area contributed by atoms with Crippen LogP contribution in [-0.2, 0) is 28.6 Å². The number of ketones is 1. The predicted molar refractivity (Wildman–Crippen MR) is 134 cm³/mol. The maximum atomic E-state index is 14.2. The number of furan rings is 1. The van der Waals surface area contributed by atoms with Crippen molar-refractivity contribution in [2.75, 3.05) is 7.11 Å². The van der Waals surface area contributed by atoms with E-state index >= 15 is 0 Å². The molecular formula is C28H27BrO9. The number of Topliss-reactive ketones (excluding diaryl/α,β-unsaturated/α-hetero) is 1. The van der Waals surface area contributed by atoms with Gasteiger partial charge in [-0.2, -0.15) is 0 Å². The molecule has 1 aliphatic heterocycles. The topological polar surface area (TPSA) is 129 Å². The Kier molecular flexibility index (Phi) is 6.49. The summed E-state index contributed by atoms with van der Waals surface area (Å²) in [7, 11) is 1.27. The normalized spacial score (nSPS) is 32.4. The van der Waals surface area contributed by atoms with Crippen LogP contribution in [0, 0.1) is 28.6 Å². The molecule has 0 unspecified atom stereocenters. The number of phenolic OH excluding ortho intramolecular Hbond substituents is 1.